The molecular weight excluding hydrogens is 274 g/mol. The predicted molar refractivity (Wildman–Crippen MR) is 46.1 cm³/mol. The largest absolute Gasteiger partial charge is 0.443 e. The van der Waals surface area contributed by atoms with E-state index in [1.54, 1.807) is 0 Å². The highest BCUT2D eigenvalue weighted by Gasteiger charge is 2.56. The maximum absolute atomic E-state index is 12.5. The number of thiazole rings is 1. The van der Waals surface area contributed by atoms with Crippen molar-refractivity contribution < 1.29 is 31.4 Å². The molecule has 1 unspecified atom stereocenters. The molecule has 0 saturated carbocycles. The third-order valence-electron chi connectivity index (χ3n) is 1.92. The molecule has 1 atom stereocenters. The van der Waals surface area contributed by atoms with E-state index in [0.29, 0.717) is 6.20 Å². The number of nitrogens with two attached hydrogens (primary N) is 1. The normalized spacial score (nSPS) is 16.9. The van der Waals surface area contributed by atoms with E-state index < -0.39 is 34.4 Å². The van der Waals surface area contributed by atoms with E-state index in [0.717, 1.165) is 0 Å². The number of hydrogen-bond donors (Lipinski definition) is 2. The summed E-state index contributed by atoms with van der Waals surface area (Å²) >= 11 is -0.288. The zero-order valence-corrected chi connectivity index (χ0v) is 8.75. The highest BCUT2D eigenvalue weighted by molar-refractivity contribution is 7.11. The van der Waals surface area contributed by atoms with E-state index >= 15 is 0 Å². The van der Waals surface area contributed by atoms with Crippen molar-refractivity contribution in [2.45, 2.75) is 18.0 Å². The van der Waals surface area contributed by atoms with Crippen LogP contribution in [0.5, 0.6) is 0 Å². The van der Waals surface area contributed by atoms with Gasteiger partial charge in [-0.3, -0.25) is 0 Å². The lowest BCUT2D eigenvalue weighted by atomic mass is 10.0. The molecule has 0 amide bonds. The van der Waals surface area contributed by atoms with Gasteiger partial charge in [-0.2, -0.15) is 26.3 Å². The molecule has 98 valence electrons. The Bertz CT molecular complexity index is 400. The molecular formula is C7H6F6N2OS. The third-order valence-corrected chi connectivity index (χ3v) is 3.11. The van der Waals surface area contributed by atoms with E-state index in [1.165, 1.54) is 0 Å². The minimum atomic E-state index is -5.17. The van der Waals surface area contributed by atoms with E-state index in [1.807, 2.05) is 0 Å². The minimum absolute atomic E-state index is 0.288. The summed E-state index contributed by atoms with van der Waals surface area (Å²) in [6.45, 7) is -1.28. The first kappa shape index (κ1) is 14.2. The predicted octanol–water partition coefficient (Wildman–Crippen LogP) is 1.87. The van der Waals surface area contributed by atoms with Crippen LogP contribution < -0.4 is 5.73 Å². The molecule has 1 aromatic heterocycles. The quantitative estimate of drug-likeness (QED) is 0.813. The van der Waals surface area contributed by atoms with Gasteiger partial charge in [0.05, 0.1) is 4.88 Å². The summed E-state index contributed by atoms with van der Waals surface area (Å²) in [5, 5.41) is 7.79. The number of nitrogens with zero attached hydrogens (tertiary/aromatic N) is 1. The van der Waals surface area contributed by atoms with Crippen LogP contribution in [0.4, 0.5) is 26.3 Å². The number of rotatable bonds is 2. The second-order valence-corrected chi connectivity index (χ2v) is 4.12. The lowest BCUT2D eigenvalue weighted by Gasteiger charge is -2.27. The summed E-state index contributed by atoms with van der Waals surface area (Å²) in [7, 11) is 0. The van der Waals surface area contributed by atoms with Gasteiger partial charge in [0.2, 0.25) is 5.60 Å². The fourth-order valence-electron chi connectivity index (χ4n) is 0.952. The van der Waals surface area contributed by atoms with Crippen molar-refractivity contribution in [1.29, 1.82) is 0 Å². The molecule has 17 heavy (non-hydrogen) atoms. The van der Waals surface area contributed by atoms with Gasteiger partial charge >= 0.3 is 12.4 Å². The van der Waals surface area contributed by atoms with Gasteiger partial charge in [0.15, 0.2) is 5.01 Å². The first-order valence-electron chi connectivity index (χ1n) is 4.05. The molecule has 10 heteroatoms. The average Bonchev–Trinajstić information content (AvgIpc) is 2.62. The van der Waals surface area contributed by atoms with Crippen LogP contribution in [0.25, 0.3) is 0 Å². The maximum Gasteiger partial charge on any atom is 0.443 e. The van der Waals surface area contributed by atoms with Gasteiger partial charge in [0.1, 0.15) is 0 Å². The third kappa shape index (κ3) is 2.53. The van der Waals surface area contributed by atoms with Gasteiger partial charge in [-0.05, 0) is 0 Å². The van der Waals surface area contributed by atoms with Crippen molar-refractivity contribution in [3.63, 3.8) is 0 Å². The van der Waals surface area contributed by atoms with Crippen molar-refractivity contribution in [3.05, 3.63) is 16.1 Å². The molecule has 1 heterocycles. The summed E-state index contributed by atoms with van der Waals surface area (Å²) in [5.74, 6) is 0. The van der Waals surface area contributed by atoms with Crippen LogP contribution in [0.1, 0.15) is 9.88 Å². The van der Waals surface area contributed by atoms with Crippen molar-refractivity contribution >= 4 is 11.3 Å². The number of aromatic nitrogens is 1. The Labute approximate surface area is 94.9 Å². The van der Waals surface area contributed by atoms with Gasteiger partial charge in [-0.25, -0.2) is 4.98 Å². The number of halogens is 6. The fourth-order valence-corrected chi connectivity index (χ4v) is 1.86. The summed E-state index contributed by atoms with van der Waals surface area (Å²) in [5.41, 5.74) is 1.27. The lowest BCUT2D eigenvalue weighted by Crippen LogP contribution is -2.47. The van der Waals surface area contributed by atoms with Crippen molar-refractivity contribution in [2.75, 3.05) is 6.54 Å². The summed E-state index contributed by atoms with van der Waals surface area (Å²) < 4.78 is 73.8. The number of alkyl halides is 6. The zero-order valence-electron chi connectivity index (χ0n) is 7.93. The average molecular weight is 280 g/mol. The Kier molecular flexibility index (Phi) is 3.43. The van der Waals surface area contributed by atoms with E-state index in [9.17, 15) is 31.4 Å². The van der Waals surface area contributed by atoms with Gasteiger partial charge in [-0.15, -0.1) is 11.3 Å². The second-order valence-electron chi connectivity index (χ2n) is 3.09. The zero-order chi connectivity index (χ0) is 13.5. The highest BCUT2D eigenvalue weighted by Crippen LogP contribution is 2.42. The van der Waals surface area contributed by atoms with Crippen molar-refractivity contribution in [1.82, 2.24) is 4.98 Å². The van der Waals surface area contributed by atoms with E-state index in [-0.39, 0.29) is 11.3 Å². The van der Waals surface area contributed by atoms with Gasteiger partial charge in [-0.1, -0.05) is 0 Å². The Hall–Kier alpha value is -0.870. The summed E-state index contributed by atoms with van der Waals surface area (Å²) in [6.07, 6.45) is -9.70. The highest BCUT2D eigenvalue weighted by atomic mass is 32.1. The minimum Gasteiger partial charge on any atom is -0.375 e. The molecule has 0 fully saturated rings. The first-order valence-corrected chi connectivity index (χ1v) is 4.86. The van der Waals surface area contributed by atoms with Crippen LogP contribution in [-0.4, -0.2) is 22.8 Å². The van der Waals surface area contributed by atoms with Crippen LogP contribution in [0.15, 0.2) is 6.20 Å². The molecule has 0 bridgehead atoms. The molecule has 0 aliphatic heterocycles. The Morgan fingerprint density at radius 2 is 1.76 bits per heavy atom. The molecule has 3 N–H and O–H groups in total. The molecule has 0 aromatic carbocycles. The Balaban J connectivity index is 3.20. The lowest BCUT2D eigenvalue weighted by molar-refractivity contribution is -0.260. The molecule has 1 aromatic rings. The molecule has 0 aliphatic rings. The monoisotopic (exact) mass is 280 g/mol. The van der Waals surface area contributed by atoms with E-state index in [2.05, 4.69) is 4.98 Å². The summed E-state index contributed by atoms with van der Waals surface area (Å²) in [6, 6.07) is 0. The molecule has 1 rings (SSSR count). The molecule has 0 saturated heterocycles. The summed E-state index contributed by atoms with van der Waals surface area (Å²) in [4.78, 5) is 1.81. The Morgan fingerprint density at radius 1 is 1.24 bits per heavy atom. The van der Waals surface area contributed by atoms with Gasteiger partial charge < -0.3 is 10.8 Å². The van der Waals surface area contributed by atoms with Crippen LogP contribution in [0.3, 0.4) is 0 Å². The van der Waals surface area contributed by atoms with Crippen LogP contribution in [0, 0.1) is 0 Å². The van der Waals surface area contributed by atoms with Crippen LogP contribution in [-0.2, 0) is 11.8 Å². The number of aliphatic hydroxyl groups is 1. The van der Waals surface area contributed by atoms with Crippen LogP contribution >= 0.6 is 11.3 Å². The Morgan fingerprint density at radius 3 is 2.06 bits per heavy atom. The number of hydrogen-bond acceptors (Lipinski definition) is 4. The SMILES string of the molecule is NCC(O)(c1cnc(C(F)(F)F)s1)C(F)(F)F. The van der Waals surface area contributed by atoms with Crippen molar-refractivity contribution in [3.8, 4) is 0 Å². The molecule has 3 nitrogen and oxygen atoms in total. The first-order chi connectivity index (χ1) is 7.52. The van der Waals surface area contributed by atoms with E-state index in [4.69, 9.17) is 5.73 Å². The second kappa shape index (κ2) is 4.10. The van der Waals surface area contributed by atoms with Gasteiger partial charge in [0, 0.05) is 12.7 Å². The maximum atomic E-state index is 12.5. The fraction of sp³-hybridized carbons (Fsp3) is 0.571. The smallest absolute Gasteiger partial charge is 0.375 e. The van der Waals surface area contributed by atoms with Gasteiger partial charge in [0.25, 0.3) is 0 Å². The van der Waals surface area contributed by atoms with Crippen LogP contribution in [0.2, 0.25) is 0 Å². The molecule has 0 radical (unpaired) electrons. The van der Waals surface area contributed by atoms with Crippen molar-refractivity contribution in [2.24, 2.45) is 5.73 Å². The topological polar surface area (TPSA) is 59.1 Å². The molecule has 0 aliphatic carbocycles. The standard InChI is InChI=1S/C7H6F6N2OS/c8-6(9,10)4-15-1-3(17-4)5(16,2-14)7(11,12)13/h1,16H,2,14H2. The molecule has 0 spiro atoms.